The number of halogens is 1. The minimum atomic E-state index is -0.299. The summed E-state index contributed by atoms with van der Waals surface area (Å²) in [5, 5.41) is 6.89. The van der Waals surface area contributed by atoms with Gasteiger partial charge in [-0.15, -0.1) is 0 Å². The van der Waals surface area contributed by atoms with Crippen molar-refractivity contribution in [1.29, 1.82) is 0 Å². The van der Waals surface area contributed by atoms with Gasteiger partial charge in [-0.3, -0.25) is 0 Å². The van der Waals surface area contributed by atoms with Crippen LogP contribution in [-0.4, -0.2) is 5.11 Å². The molecule has 0 unspecified atom stereocenters. The Morgan fingerprint density at radius 1 is 0.923 bits per heavy atom. The van der Waals surface area contributed by atoms with Crippen molar-refractivity contribution in [3.63, 3.8) is 0 Å². The monoisotopic (exact) mass is 364 g/mol. The zero-order chi connectivity index (χ0) is 18.5. The highest BCUT2D eigenvalue weighted by atomic mass is 32.1. The van der Waals surface area contributed by atoms with E-state index in [1.165, 1.54) is 23.3 Å². The average molecular weight is 364 g/mol. The third-order valence-electron chi connectivity index (χ3n) is 4.23. The molecule has 3 aromatic carbocycles. The lowest BCUT2D eigenvalue weighted by atomic mass is 9.94. The first kappa shape index (κ1) is 18.1. The molecule has 3 rings (SSSR count). The van der Waals surface area contributed by atoms with E-state index in [-0.39, 0.29) is 11.9 Å². The van der Waals surface area contributed by atoms with Crippen LogP contribution >= 0.6 is 12.2 Å². The van der Waals surface area contributed by atoms with E-state index in [4.69, 9.17) is 12.2 Å². The van der Waals surface area contributed by atoms with Gasteiger partial charge in [0.25, 0.3) is 0 Å². The first-order valence-corrected chi connectivity index (χ1v) is 8.89. The quantitative estimate of drug-likeness (QED) is 0.596. The Morgan fingerprint density at radius 2 is 1.69 bits per heavy atom. The van der Waals surface area contributed by atoms with Crippen LogP contribution in [0.3, 0.4) is 0 Å². The molecule has 0 heterocycles. The number of anilines is 1. The van der Waals surface area contributed by atoms with Gasteiger partial charge in [-0.25, -0.2) is 4.39 Å². The summed E-state index contributed by atoms with van der Waals surface area (Å²) in [6, 6.07) is 22.7. The third kappa shape index (κ3) is 4.46. The van der Waals surface area contributed by atoms with Crippen molar-refractivity contribution in [1.82, 2.24) is 5.32 Å². The van der Waals surface area contributed by atoms with Crippen LogP contribution in [0.25, 0.3) is 0 Å². The number of nitrogens with one attached hydrogen (secondary N) is 2. The highest BCUT2D eigenvalue weighted by molar-refractivity contribution is 7.80. The van der Waals surface area contributed by atoms with Crippen LogP contribution in [0.4, 0.5) is 10.1 Å². The Bertz CT molecular complexity index is 909. The number of thiocarbonyl (C=S) groups is 1. The van der Waals surface area contributed by atoms with Crippen LogP contribution in [0.1, 0.15) is 28.3 Å². The van der Waals surface area contributed by atoms with Crippen molar-refractivity contribution in [2.75, 3.05) is 5.32 Å². The lowest BCUT2D eigenvalue weighted by Gasteiger charge is -2.24. The van der Waals surface area contributed by atoms with Crippen molar-refractivity contribution in [2.45, 2.75) is 19.9 Å². The normalized spacial score (nSPS) is 11.7. The first-order valence-electron chi connectivity index (χ1n) is 8.48. The molecule has 2 N–H and O–H groups in total. The van der Waals surface area contributed by atoms with Crippen LogP contribution in [-0.2, 0) is 0 Å². The van der Waals surface area contributed by atoms with Gasteiger partial charge in [0.15, 0.2) is 5.11 Å². The van der Waals surface area contributed by atoms with E-state index < -0.39 is 0 Å². The molecule has 26 heavy (non-hydrogen) atoms. The molecule has 0 aliphatic carbocycles. The van der Waals surface area contributed by atoms with E-state index in [0.29, 0.717) is 10.8 Å². The fourth-order valence-corrected chi connectivity index (χ4v) is 3.24. The number of hydrogen-bond acceptors (Lipinski definition) is 1. The summed E-state index contributed by atoms with van der Waals surface area (Å²) in [5.41, 5.74) is 5.31. The van der Waals surface area contributed by atoms with Gasteiger partial charge in [0, 0.05) is 5.69 Å². The Balaban J connectivity index is 1.87. The summed E-state index contributed by atoms with van der Waals surface area (Å²) in [6.45, 7) is 4.18. The van der Waals surface area contributed by atoms with Crippen LogP contribution in [0, 0.1) is 19.7 Å². The maximum Gasteiger partial charge on any atom is 0.171 e. The summed E-state index contributed by atoms with van der Waals surface area (Å²) in [4.78, 5) is 0. The molecule has 132 valence electrons. The second kappa shape index (κ2) is 8.11. The highest BCUT2D eigenvalue weighted by Gasteiger charge is 2.17. The molecule has 0 aromatic heterocycles. The Morgan fingerprint density at radius 3 is 2.38 bits per heavy atom. The fraction of sp³-hybridized carbons (Fsp3) is 0.136. The molecule has 0 radical (unpaired) electrons. The average Bonchev–Trinajstić information content (AvgIpc) is 2.61. The Hall–Kier alpha value is -2.72. The van der Waals surface area contributed by atoms with Gasteiger partial charge < -0.3 is 10.6 Å². The van der Waals surface area contributed by atoms with Gasteiger partial charge in [-0.1, -0.05) is 60.2 Å². The van der Waals surface area contributed by atoms with Crippen LogP contribution in [0.2, 0.25) is 0 Å². The molecule has 0 fully saturated rings. The minimum absolute atomic E-state index is 0.0923. The standard InChI is InChI=1S/C22H21FN2S/c1-15-11-12-20(16(2)13-15)21(17-7-4-3-5-8-17)25-22(26)24-19-10-6-9-18(23)14-19/h3-14,21H,1-2H3,(H2,24,25,26)/t21-/m0/s1. The van der Waals surface area contributed by atoms with Gasteiger partial charge in [-0.2, -0.15) is 0 Å². The lowest BCUT2D eigenvalue weighted by Crippen LogP contribution is -2.33. The molecule has 0 bridgehead atoms. The van der Waals surface area contributed by atoms with Gasteiger partial charge in [-0.05, 0) is 61.0 Å². The van der Waals surface area contributed by atoms with Crippen molar-refractivity contribution in [3.8, 4) is 0 Å². The van der Waals surface area contributed by atoms with E-state index in [2.05, 4.69) is 54.8 Å². The summed E-state index contributed by atoms with van der Waals surface area (Å²) in [7, 11) is 0. The third-order valence-corrected chi connectivity index (χ3v) is 4.45. The molecule has 1 atom stereocenters. The van der Waals surface area contributed by atoms with Crippen molar-refractivity contribution in [3.05, 3.63) is 101 Å². The number of rotatable bonds is 4. The maximum atomic E-state index is 13.4. The maximum absolute atomic E-state index is 13.4. The van der Waals surface area contributed by atoms with E-state index in [1.807, 2.05) is 18.2 Å². The molecule has 0 aliphatic heterocycles. The van der Waals surface area contributed by atoms with Gasteiger partial charge in [0.05, 0.1) is 6.04 Å². The van der Waals surface area contributed by atoms with Crippen molar-refractivity contribution in [2.24, 2.45) is 0 Å². The van der Waals surface area contributed by atoms with E-state index >= 15 is 0 Å². The summed E-state index contributed by atoms with van der Waals surface area (Å²) in [5.74, 6) is -0.299. The first-order chi connectivity index (χ1) is 12.5. The molecule has 3 aromatic rings. The van der Waals surface area contributed by atoms with Crippen molar-refractivity contribution >= 4 is 23.0 Å². The predicted molar refractivity (Wildman–Crippen MR) is 110 cm³/mol. The zero-order valence-electron chi connectivity index (χ0n) is 14.8. The second-order valence-corrected chi connectivity index (χ2v) is 6.72. The Labute approximate surface area is 159 Å². The fourth-order valence-electron chi connectivity index (χ4n) is 3.00. The largest absolute Gasteiger partial charge is 0.352 e. The van der Waals surface area contributed by atoms with Crippen LogP contribution < -0.4 is 10.6 Å². The van der Waals surface area contributed by atoms with Crippen LogP contribution in [0.5, 0.6) is 0 Å². The molecule has 0 saturated carbocycles. The summed E-state index contributed by atoms with van der Waals surface area (Å²) >= 11 is 5.48. The van der Waals surface area contributed by atoms with Crippen molar-refractivity contribution < 1.29 is 4.39 Å². The number of aryl methyl sites for hydroxylation is 2. The van der Waals surface area contributed by atoms with Gasteiger partial charge in [0.2, 0.25) is 0 Å². The SMILES string of the molecule is Cc1ccc([C@@H](NC(=S)Nc2cccc(F)c2)c2ccccc2)c(C)c1. The summed E-state index contributed by atoms with van der Waals surface area (Å²) < 4.78 is 13.4. The second-order valence-electron chi connectivity index (χ2n) is 6.31. The molecule has 4 heteroatoms. The summed E-state index contributed by atoms with van der Waals surface area (Å²) in [6.07, 6.45) is 0. The molecule has 0 aliphatic rings. The van der Waals surface area contributed by atoms with E-state index in [0.717, 1.165) is 11.1 Å². The van der Waals surface area contributed by atoms with Gasteiger partial charge >= 0.3 is 0 Å². The zero-order valence-corrected chi connectivity index (χ0v) is 15.6. The molecular weight excluding hydrogens is 343 g/mol. The lowest BCUT2D eigenvalue weighted by molar-refractivity contribution is 0.628. The molecule has 0 spiro atoms. The van der Waals surface area contributed by atoms with Gasteiger partial charge in [0.1, 0.15) is 5.82 Å². The number of hydrogen-bond donors (Lipinski definition) is 2. The Kier molecular flexibility index (Phi) is 5.64. The number of benzene rings is 3. The predicted octanol–water partition coefficient (Wildman–Crippen LogP) is 5.52. The molecular formula is C22H21FN2S. The molecule has 0 amide bonds. The van der Waals surface area contributed by atoms with Crippen LogP contribution in [0.15, 0.2) is 72.8 Å². The minimum Gasteiger partial charge on any atom is -0.352 e. The smallest absolute Gasteiger partial charge is 0.171 e. The highest BCUT2D eigenvalue weighted by Crippen LogP contribution is 2.26. The molecule has 0 saturated heterocycles. The van der Waals surface area contributed by atoms with E-state index in [1.54, 1.807) is 12.1 Å². The van der Waals surface area contributed by atoms with E-state index in [9.17, 15) is 4.39 Å². The molecule has 2 nitrogen and oxygen atoms in total. The topological polar surface area (TPSA) is 24.1 Å².